The number of hydrogen-bond donors (Lipinski definition) is 0. The van der Waals surface area contributed by atoms with E-state index >= 15 is 0 Å². The van der Waals surface area contributed by atoms with E-state index in [1.807, 2.05) is 36.4 Å². The van der Waals surface area contributed by atoms with E-state index < -0.39 is 0 Å². The first-order chi connectivity index (χ1) is 12.6. The minimum absolute atomic E-state index is 0.0124. The number of carbonyl (C=O) groups excluding carboxylic acids is 1. The Morgan fingerprint density at radius 2 is 1.67 bits per heavy atom. The van der Waals surface area contributed by atoms with Gasteiger partial charge in [-0.2, -0.15) is 0 Å². The Morgan fingerprint density at radius 1 is 1.00 bits per heavy atom. The van der Waals surface area contributed by atoms with Gasteiger partial charge in [-0.1, -0.05) is 71.9 Å². The molecule has 0 spiro atoms. The molecule has 0 saturated carbocycles. The van der Waals surface area contributed by atoms with Crippen LogP contribution in [0, 0.1) is 0 Å². The summed E-state index contributed by atoms with van der Waals surface area (Å²) in [5.74, 6) is 0.644. The summed E-state index contributed by atoms with van der Waals surface area (Å²) in [5, 5.41) is 0. The summed E-state index contributed by atoms with van der Waals surface area (Å²) in [7, 11) is 0. The molecule has 0 radical (unpaired) electrons. The molecule has 2 aromatic rings. The summed E-state index contributed by atoms with van der Waals surface area (Å²) in [6.45, 7) is 14.1. The second-order valence-corrected chi connectivity index (χ2v) is 9.35. The molecule has 1 fully saturated rings. The zero-order chi connectivity index (χ0) is 19.8. The number of epoxide rings is 1. The summed E-state index contributed by atoms with van der Waals surface area (Å²) >= 11 is 0. The Kier molecular flexibility index (Phi) is 5.18. The van der Waals surface area contributed by atoms with Gasteiger partial charge in [0.25, 0.3) is 0 Å². The molecule has 3 rings (SSSR count). The fourth-order valence-corrected chi connectivity index (χ4v) is 3.13. The first-order valence-electron chi connectivity index (χ1n) is 9.60. The van der Waals surface area contributed by atoms with E-state index in [-0.39, 0.29) is 22.7 Å². The quantitative estimate of drug-likeness (QED) is 0.533. The molecule has 2 aromatic carbocycles. The Morgan fingerprint density at radius 3 is 2.26 bits per heavy atom. The zero-order valence-corrected chi connectivity index (χ0v) is 17.3. The lowest BCUT2D eigenvalue weighted by Crippen LogP contribution is -2.19. The van der Waals surface area contributed by atoms with Crippen molar-refractivity contribution in [1.82, 2.24) is 0 Å². The smallest absolute Gasteiger partial charge is 0.197 e. The van der Waals surface area contributed by atoms with E-state index in [0.29, 0.717) is 17.9 Å². The van der Waals surface area contributed by atoms with Crippen LogP contribution in [-0.2, 0) is 15.6 Å². The minimum Gasteiger partial charge on any atom is -0.490 e. The van der Waals surface area contributed by atoms with Crippen LogP contribution in [-0.4, -0.2) is 25.1 Å². The molecule has 1 aliphatic rings. The SMILES string of the molecule is CC(C)(C)c1ccc(OCC2CO2)c(C(=O)c2ccccc2C(C)(C)C)c1. The maximum atomic E-state index is 13.6. The summed E-state index contributed by atoms with van der Waals surface area (Å²) in [4.78, 5) is 13.6. The standard InChI is InChI=1S/C24H30O3/c1-23(2,3)16-11-12-21(27-15-17-14-26-17)19(13-16)22(25)18-9-7-8-10-20(18)24(4,5)6/h7-13,17H,14-15H2,1-6H3. The van der Waals surface area contributed by atoms with Gasteiger partial charge in [0.15, 0.2) is 5.78 Å². The first-order valence-corrected chi connectivity index (χ1v) is 9.60. The molecule has 0 bridgehead atoms. The maximum absolute atomic E-state index is 13.6. The Labute approximate surface area is 162 Å². The molecule has 1 saturated heterocycles. The fraction of sp³-hybridized carbons (Fsp3) is 0.458. The highest BCUT2D eigenvalue weighted by molar-refractivity contribution is 6.12. The lowest BCUT2D eigenvalue weighted by molar-refractivity contribution is 0.103. The maximum Gasteiger partial charge on any atom is 0.197 e. The predicted octanol–water partition coefficient (Wildman–Crippen LogP) is 5.29. The van der Waals surface area contributed by atoms with E-state index in [1.54, 1.807) is 0 Å². The van der Waals surface area contributed by atoms with Gasteiger partial charge in [0, 0.05) is 5.56 Å². The van der Waals surface area contributed by atoms with Crippen LogP contribution in [0.1, 0.15) is 68.6 Å². The molecule has 1 aliphatic heterocycles. The summed E-state index contributed by atoms with van der Waals surface area (Å²) in [6.07, 6.45) is 0.150. The molecule has 27 heavy (non-hydrogen) atoms. The van der Waals surface area contributed by atoms with Crippen molar-refractivity contribution in [3.05, 3.63) is 64.7 Å². The van der Waals surface area contributed by atoms with Gasteiger partial charge >= 0.3 is 0 Å². The molecule has 0 N–H and O–H groups in total. The summed E-state index contributed by atoms with van der Waals surface area (Å²) < 4.78 is 11.2. The molecule has 0 aliphatic carbocycles. The summed E-state index contributed by atoms with van der Waals surface area (Å²) in [6, 6.07) is 13.8. The number of benzene rings is 2. The van der Waals surface area contributed by atoms with E-state index in [1.165, 1.54) is 0 Å². The Balaban J connectivity index is 2.06. The third-order valence-corrected chi connectivity index (χ3v) is 4.90. The predicted molar refractivity (Wildman–Crippen MR) is 109 cm³/mol. The normalized spacial score (nSPS) is 16.9. The first kappa shape index (κ1) is 19.6. The molecule has 3 nitrogen and oxygen atoms in total. The van der Waals surface area contributed by atoms with Crippen LogP contribution < -0.4 is 4.74 Å². The van der Waals surface area contributed by atoms with E-state index in [2.05, 4.69) is 47.6 Å². The molecular weight excluding hydrogens is 336 g/mol. The fourth-order valence-electron chi connectivity index (χ4n) is 3.13. The van der Waals surface area contributed by atoms with Crippen molar-refractivity contribution in [2.24, 2.45) is 0 Å². The second kappa shape index (κ2) is 7.12. The van der Waals surface area contributed by atoms with Crippen LogP contribution in [0.15, 0.2) is 42.5 Å². The lowest BCUT2D eigenvalue weighted by atomic mass is 9.80. The van der Waals surface area contributed by atoms with Crippen molar-refractivity contribution in [2.75, 3.05) is 13.2 Å². The van der Waals surface area contributed by atoms with Gasteiger partial charge in [-0.3, -0.25) is 4.79 Å². The van der Waals surface area contributed by atoms with Crippen molar-refractivity contribution in [3.63, 3.8) is 0 Å². The van der Waals surface area contributed by atoms with Crippen molar-refractivity contribution in [1.29, 1.82) is 0 Å². The van der Waals surface area contributed by atoms with Crippen LogP contribution in [0.4, 0.5) is 0 Å². The highest BCUT2D eigenvalue weighted by Crippen LogP contribution is 2.33. The van der Waals surface area contributed by atoms with Gasteiger partial charge in [-0.25, -0.2) is 0 Å². The average Bonchev–Trinajstić information content (AvgIpc) is 3.42. The van der Waals surface area contributed by atoms with Gasteiger partial charge in [-0.05, 0) is 34.1 Å². The number of ether oxygens (including phenoxy) is 2. The van der Waals surface area contributed by atoms with Crippen LogP contribution in [0.3, 0.4) is 0 Å². The zero-order valence-electron chi connectivity index (χ0n) is 17.3. The molecule has 0 amide bonds. The number of hydrogen-bond acceptors (Lipinski definition) is 3. The molecular formula is C24H30O3. The van der Waals surface area contributed by atoms with Crippen molar-refractivity contribution >= 4 is 5.78 Å². The van der Waals surface area contributed by atoms with Crippen LogP contribution in [0.25, 0.3) is 0 Å². The lowest BCUT2D eigenvalue weighted by Gasteiger charge is -2.24. The molecule has 0 aromatic heterocycles. The second-order valence-electron chi connectivity index (χ2n) is 9.35. The van der Waals surface area contributed by atoms with Crippen LogP contribution in [0.5, 0.6) is 5.75 Å². The molecule has 1 unspecified atom stereocenters. The third-order valence-electron chi connectivity index (χ3n) is 4.90. The molecule has 1 heterocycles. The van der Waals surface area contributed by atoms with E-state index in [4.69, 9.17) is 9.47 Å². The van der Waals surface area contributed by atoms with Crippen LogP contribution in [0.2, 0.25) is 0 Å². The Hall–Kier alpha value is -2.13. The number of ketones is 1. The van der Waals surface area contributed by atoms with Gasteiger partial charge in [0.1, 0.15) is 18.5 Å². The third kappa shape index (κ3) is 4.59. The van der Waals surface area contributed by atoms with Crippen molar-refractivity contribution in [2.45, 2.75) is 58.5 Å². The number of carbonyl (C=O) groups is 1. The van der Waals surface area contributed by atoms with E-state index in [0.717, 1.165) is 23.3 Å². The van der Waals surface area contributed by atoms with Gasteiger partial charge in [-0.15, -0.1) is 0 Å². The number of rotatable bonds is 5. The highest BCUT2D eigenvalue weighted by atomic mass is 16.6. The summed E-state index contributed by atoms with van der Waals surface area (Å²) in [5.41, 5.74) is 3.37. The topological polar surface area (TPSA) is 38.8 Å². The Bertz CT molecular complexity index is 833. The van der Waals surface area contributed by atoms with Gasteiger partial charge < -0.3 is 9.47 Å². The van der Waals surface area contributed by atoms with Gasteiger partial charge in [0.05, 0.1) is 12.2 Å². The largest absolute Gasteiger partial charge is 0.490 e. The van der Waals surface area contributed by atoms with Crippen LogP contribution >= 0.6 is 0 Å². The molecule has 3 heteroatoms. The monoisotopic (exact) mass is 366 g/mol. The minimum atomic E-state index is -0.114. The van der Waals surface area contributed by atoms with Gasteiger partial charge in [0.2, 0.25) is 0 Å². The van der Waals surface area contributed by atoms with Crippen molar-refractivity contribution in [3.8, 4) is 5.75 Å². The molecule has 144 valence electrons. The molecule has 1 atom stereocenters. The van der Waals surface area contributed by atoms with Crippen molar-refractivity contribution < 1.29 is 14.3 Å². The average molecular weight is 367 g/mol. The van der Waals surface area contributed by atoms with E-state index in [9.17, 15) is 4.79 Å². The highest BCUT2D eigenvalue weighted by Gasteiger charge is 2.27.